The molecule has 2 N–H and O–H groups in total. The highest BCUT2D eigenvalue weighted by Crippen LogP contribution is 2.34. The molecule has 1 aliphatic heterocycles. The van der Waals surface area contributed by atoms with E-state index in [1.807, 2.05) is 35.2 Å². The van der Waals surface area contributed by atoms with Crippen LogP contribution in [0.15, 0.2) is 41.8 Å². The lowest BCUT2D eigenvalue weighted by atomic mass is 9.99. The van der Waals surface area contributed by atoms with Gasteiger partial charge in [0.1, 0.15) is 6.04 Å². The van der Waals surface area contributed by atoms with Crippen molar-refractivity contribution in [2.75, 3.05) is 6.54 Å². The van der Waals surface area contributed by atoms with Crippen molar-refractivity contribution < 1.29 is 4.79 Å². The summed E-state index contributed by atoms with van der Waals surface area (Å²) >= 11 is 1.78. The molecule has 3 rings (SSSR count). The Morgan fingerprint density at radius 2 is 2.10 bits per heavy atom. The van der Waals surface area contributed by atoms with Gasteiger partial charge in [-0.1, -0.05) is 30.3 Å². The van der Waals surface area contributed by atoms with E-state index in [9.17, 15) is 4.79 Å². The molecule has 0 spiro atoms. The molecule has 1 aliphatic rings. The first kappa shape index (κ1) is 13.3. The second-order valence-electron chi connectivity index (χ2n) is 5.15. The SMILES string of the molecule is CC1c2ccsc2CCN1C(=O)C(N)c1ccccc1. The molecule has 2 atom stereocenters. The summed E-state index contributed by atoms with van der Waals surface area (Å²) in [5, 5.41) is 2.10. The number of rotatable bonds is 2. The number of nitrogens with zero attached hydrogens (tertiary/aromatic N) is 1. The van der Waals surface area contributed by atoms with Crippen LogP contribution in [0.5, 0.6) is 0 Å². The molecule has 0 bridgehead atoms. The quantitative estimate of drug-likeness (QED) is 0.922. The maximum atomic E-state index is 12.6. The maximum Gasteiger partial charge on any atom is 0.244 e. The number of benzene rings is 1. The van der Waals surface area contributed by atoms with Gasteiger partial charge < -0.3 is 10.6 Å². The number of hydrogen-bond acceptors (Lipinski definition) is 3. The van der Waals surface area contributed by atoms with Crippen LogP contribution in [0.3, 0.4) is 0 Å². The molecule has 0 saturated heterocycles. The second-order valence-corrected chi connectivity index (χ2v) is 6.15. The van der Waals surface area contributed by atoms with Gasteiger partial charge in [-0.05, 0) is 35.9 Å². The van der Waals surface area contributed by atoms with Crippen molar-refractivity contribution in [1.82, 2.24) is 4.90 Å². The van der Waals surface area contributed by atoms with Crippen molar-refractivity contribution in [3.8, 4) is 0 Å². The number of thiophene rings is 1. The van der Waals surface area contributed by atoms with Crippen molar-refractivity contribution in [3.05, 3.63) is 57.8 Å². The standard InChI is InChI=1S/C16H18N2OS/c1-11-13-8-10-20-14(13)7-9-18(11)16(19)15(17)12-5-3-2-4-6-12/h2-6,8,10-11,15H,7,9,17H2,1H3. The lowest BCUT2D eigenvalue weighted by Gasteiger charge is -2.35. The Bertz CT molecular complexity index is 608. The summed E-state index contributed by atoms with van der Waals surface area (Å²) in [6, 6.07) is 11.3. The molecule has 0 aliphatic carbocycles. The highest BCUT2D eigenvalue weighted by Gasteiger charge is 2.31. The summed E-state index contributed by atoms with van der Waals surface area (Å²) in [6.45, 7) is 2.84. The Hall–Kier alpha value is -1.65. The average Bonchev–Trinajstić information content (AvgIpc) is 2.96. The fourth-order valence-corrected chi connectivity index (χ4v) is 3.75. The van der Waals surface area contributed by atoms with E-state index < -0.39 is 6.04 Å². The Kier molecular flexibility index (Phi) is 3.59. The number of carbonyl (C=O) groups excluding carboxylic acids is 1. The summed E-state index contributed by atoms with van der Waals surface area (Å²) < 4.78 is 0. The van der Waals surface area contributed by atoms with E-state index in [1.54, 1.807) is 11.3 Å². The summed E-state index contributed by atoms with van der Waals surface area (Å²) in [5.74, 6) is 0.0144. The van der Waals surface area contributed by atoms with Crippen LogP contribution >= 0.6 is 11.3 Å². The second kappa shape index (κ2) is 5.38. The maximum absolute atomic E-state index is 12.6. The molecule has 104 valence electrons. The van der Waals surface area contributed by atoms with E-state index in [-0.39, 0.29) is 11.9 Å². The first-order chi connectivity index (χ1) is 9.68. The van der Waals surface area contributed by atoms with Crippen LogP contribution in [-0.2, 0) is 11.2 Å². The molecule has 0 fully saturated rings. The molecular weight excluding hydrogens is 268 g/mol. The van der Waals surface area contributed by atoms with Crippen LogP contribution in [0.1, 0.15) is 35.0 Å². The first-order valence-electron chi connectivity index (χ1n) is 6.85. The molecule has 0 radical (unpaired) electrons. The van der Waals surface area contributed by atoms with Gasteiger partial charge in [0.05, 0.1) is 6.04 Å². The van der Waals surface area contributed by atoms with Crippen LogP contribution in [0.2, 0.25) is 0 Å². The Morgan fingerprint density at radius 3 is 2.85 bits per heavy atom. The molecule has 3 nitrogen and oxygen atoms in total. The van der Waals surface area contributed by atoms with Crippen LogP contribution in [-0.4, -0.2) is 17.4 Å². The molecule has 0 saturated carbocycles. The molecule has 20 heavy (non-hydrogen) atoms. The molecule has 1 aromatic carbocycles. The van der Waals surface area contributed by atoms with E-state index in [2.05, 4.69) is 18.4 Å². The molecule has 2 unspecified atom stereocenters. The number of hydrogen-bond donors (Lipinski definition) is 1. The van der Waals surface area contributed by atoms with E-state index in [0.717, 1.165) is 18.5 Å². The van der Waals surface area contributed by atoms with Gasteiger partial charge in [-0.25, -0.2) is 0 Å². The molecule has 2 heterocycles. The normalized spacial score (nSPS) is 19.5. The number of nitrogens with two attached hydrogens (primary N) is 1. The predicted molar refractivity (Wildman–Crippen MR) is 81.5 cm³/mol. The number of fused-ring (bicyclic) bond motifs is 1. The third kappa shape index (κ3) is 2.25. The summed E-state index contributed by atoms with van der Waals surface area (Å²) in [5.41, 5.74) is 8.29. The summed E-state index contributed by atoms with van der Waals surface area (Å²) in [7, 11) is 0. The van der Waals surface area contributed by atoms with Gasteiger partial charge in [-0.2, -0.15) is 0 Å². The zero-order valence-corrected chi connectivity index (χ0v) is 12.3. The minimum Gasteiger partial charge on any atom is -0.334 e. The van der Waals surface area contributed by atoms with Crippen LogP contribution in [0.25, 0.3) is 0 Å². The van der Waals surface area contributed by atoms with E-state index in [0.29, 0.717) is 0 Å². The van der Waals surface area contributed by atoms with E-state index in [1.165, 1.54) is 10.4 Å². The van der Waals surface area contributed by atoms with Gasteiger partial charge in [0.2, 0.25) is 5.91 Å². The average molecular weight is 286 g/mol. The van der Waals surface area contributed by atoms with Gasteiger partial charge in [0, 0.05) is 11.4 Å². The molecule has 1 amide bonds. The highest BCUT2D eigenvalue weighted by atomic mass is 32.1. The van der Waals surface area contributed by atoms with E-state index in [4.69, 9.17) is 5.73 Å². The Morgan fingerprint density at radius 1 is 1.35 bits per heavy atom. The van der Waals surface area contributed by atoms with Gasteiger partial charge in [0.25, 0.3) is 0 Å². The zero-order chi connectivity index (χ0) is 14.1. The third-order valence-corrected chi connectivity index (χ3v) is 4.98. The number of amides is 1. The van der Waals surface area contributed by atoms with Crippen LogP contribution in [0, 0.1) is 0 Å². The van der Waals surface area contributed by atoms with Gasteiger partial charge in [0.15, 0.2) is 0 Å². The predicted octanol–water partition coefficient (Wildman–Crippen LogP) is 2.89. The molecule has 2 aromatic rings. The monoisotopic (exact) mass is 286 g/mol. The molecule has 1 aromatic heterocycles. The zero-order valence-electron chi connectivity index (χ0n) is 11.5. The van der Waals surface area contributed by atoms with Crippen molar-refractivity contribution in [2.45, 2.75) is 25.4 Å². The third-order valence-electron chi connectivity index (χ3n) is 3.99. The Labute approximate surface area is 123 Å². The molecular formula is C16H18N2OS. The topological polar surface area (TPSA) is 46.3 Å². The van der Waals surface area contributed by atoms with E-state index >= 15 is 0 Å². The number of carbonyl (C=O) groups is 1. The van der Waals surface area contributed by atoms with Gasteiger partial charge >= 0.3 is 0 Å². The minimum absolute atomic E-state index is 0.0144. The van der Waals surface area contributed by atoms with Crippen LogP contribution < -0.4 is 5.73 Å². The summed E-state index contributed by atoms with van der Waals surface area (Å²) in [4.78, 5) is 16.0. The van der Waals surface area contributed by atoms with Crippen molar-refractivity contribution >= 4 is 17.2 Å². The van der Waals surface area contributed by atoms with Crippen molar-refractivity contribution in [1.29, 1.82) is 0 Å². The Balaban J connectivity index is 1.82. The van der Waals surface area contributed by atoms with Crippen molar-refractivity contribution in [3.63, 3.8) is 0 Å². The summed E-state index contributed by atoms with van der Waals surface area (Å²) in [6.07, 6.45) is 0.935. The van der Waals surface area contributed by atoms with Crippen LogP contribution in [0.4, 0.5) is 0 Å². The largest absolute Gasteiger partial charge is 0.334 e. The fourth-order valence-electron chi connectivity index (χ4n) is 2.79. The van der Waals surface area contributed by atoms with Gasteiger partial charge in [-0.3, -0.25) is 4.79 Å². The lowest BCUT2D eigenvalue weighted by Crippen LogP contribution is -2.43. The first-order valence-corrected chi connectivity index (χ1v) is 7.73. The lowest BCUT2D eigenvalue weighted by molar-refractivity contribution is -0.135. The fraction of sp³-hybridized carbons (Fsp3) is 0.312. The van der Waals surface area contributed by atoms with Gasteiger partial charge in [-0.15, -0.1) is 11.3 Å². The molecule has 4 heteroatoms. The highest BCUT2D eigenvalue weighted by molar-refractivity contribution is 7.10. The smallest absolute Gasteiger partial charge is 0.244 e. The minimum atomic E-state index is -0.571. The van der Waals surface area contributed by atoms with Crippen molar-refractivity contribution in [2.24, 2.45) is 5.73 Å².